The first-order valence-electron chi connectivity index (χ1n) is 8.02. The average Bonchev–Trinajstić information content (AvgIpc) is 3.18. The van der Waals surface area contributed by atoms with Crippen LogP contribution in [0.5, 0.6) is 0 Å². The van der Waals surface area contributed by atoms with Gasteiger partial charge in [0.1, 0.15) is 16.5 Å². The van der Waals surface area contributed by atoms with Crippen molar-refractivity contribution in [3.05, 3.63) is 41.0 Å². The molecule has 1 aliphatic heterocycles. The first kappa shape index (κ1) is 17.9. The molecule has 1 aliphatic rings. The zero-order valence-corrected chi connectivity index (χ0v) is 15.0. The summed E-state index contributed by atoms with van der Waals surface area (Å²) >= 11 is 0. The second kappa shape index (κ2) is 6.45. The summed E-state index contributed by atoms with van der Waals surface area (Å²) in [7, 11) is -4.22. The van der Waals surface area contributed by atoms with Crippen molar-refractivity contribution >= 4 is 10.0 Å². The van der Waals surface area contributed by atoms with Crippen LogP contribution in [-0.2, 0) is 10.0 Å². The smallest absolute Gasteiger partial charge is 0.246 e. The molecule has 0 amide bonds. The van der Waals surface area contributed by atoms with E-state index in [1.165, 1.54) is 6.92 Å². The minimum Gasteiger partial charge on any atom is -0.339 e. The minimum absolute atomic E-state index is 0.0105. The Kier molecular flexibility index (Phi) is 4.63. The standard InChI is InChI=1S/C16H19F2N3O3S/c1-9(2)16-19-15(20-24-16)13-5-4-6-21(13)25(22,23)14-8-11(17)10(3)7-12(14)18/h7-9,13H,4-6H2,1-3H3. The van der Waals surface area contributed by atoms with E-state index in [4.69, 9.17) is 4.52 Å². The lowest BCUT2D eigenvalue weighted by atomic mass is 10.2. The molecule has 2 aromatic rings. The van der Waals surface area contributed by atoms with Crippen LogP contribution < -0.4 is 0 Å². The Labute approximate surface area is 144 Å². The van der Waals surface area contributed by atoms with Crippen LogP contribution in [0.4, 0.5) is 8.78 Å². The summed E-state index contributed by atoms with van der Waals surface area (Å²) in [4.78, 5) is 3.58. The highest BCUT2D eigenvalue weighted by Gasteiger charge is 2.40. The summed E-state index contributed by atoms with van der Waals surface area (Å²) in [5.41, 5.74) is 0.0502. The molecule has 0 spiro atoms. The van der Waals surface area contributed by atoms with E-state index in [1.54, 1.807) is 0 Å². The van der Waals surface area contributed by atoms with Crippen molar-refractivity contribution in [2.75, 3.05) is 6.54 Å². The molecule has 3 rings (SSSR count). The van der Waals surface area contributed by atoms with E-state index in [1.807, 2.05) is 13.8 Å². The minimum atomic E-state index is -4.22. The van der Waals surface area contributed by atoms with Gasteiger partial charge in [0, 0.05) is 12.5 Å². The lowest BCUT2D eigenvalue weighted by molar-refractivity contribution is 0.337. The fourth-order valence-electron chi connectivity index (χ4n) is 2.86. The van der Waals surface area contributed by atoms with Crippen molar-refractivity contribution < 1.29 is 21.7 Å². The Balaban J connectivity index is 2.00. The molecule has 0 saturated carbocycles. The highest BCUT2D eigenvalue weighted by atomic mass is 32.2. The third kappa shape index (κ3) is 3.18. The zero-order valence-electron chi connectivity index (χ0n) is 14.2. The van der Waals surface area contributed by atoms with Gasteiger partial charge in [-0.1, -0.05) is 19.0 Å². The fourth-order valence-corrected chi connectivity index (χ4v) is 4.57. The van der Waals surface area contributed by atoms with Crippen LogP contribution in [0.1, 0.15) is 55.9 Å². The normalized spacial score (nSPS) is 19.0. The third-order valence-electron chi connectivity index (χ3n) is 4.25. The van der Waals surface area contributed by atoms with Crippen LogP contribution >= 0.6 is 0 Å². The molecule has 136 valence electrons. The van der Waals surface area contributed by atoms with E-state index in [2.05, 4.69) is 10.1 Å². The predicted octanol–water partition coefficient (Wildman–Crippen LogP) is 3.31. The SMILES string of the molecule is Cc1cc(F)c(S(=O)(=O)N2CCCC2c2noc(C(C)C)n2)cc1F. The molecule has 1 atom stereocenters. The molecule has 0 bridgehead atoms. The largest absolute Gasteiger partial charge is 0.339 e. The Morgan fingerprint density at radius 1 is 1.28 bits per heavy atom. The zero-order chi connectivity index (χ0) is 18.4. The topological polar surface area (TPSA) is 76.3 Å². The molecule has 1 fully saturated rings. The number of hydrogen-bond acceptors (Lipinski definition) is 5. The summed E-state index contributed by atoms with van der Waals surface area (Å²) in [6.07, 6.45) is 1.07. The summed E-state index contributed by atoms with van der Waals surface area (Å²) in [6, 6.07) is 0.967. The van der Waals surface area contributed by atoms with E-state index in [0.29, 0.717) is 18.7 Å². The number of aryl methyl sites for hydroxylation is 1. The first-order valence-corrected chi connectivity index (χ1v) is 9.47. The van der Waals surface area contributed by atoms with E-state index >= 15 is 0 Å². The molecule has 1 saturated heterocycles. The monoisotopic (exact) mass is 371 g/mol. The second-order valence-corrected chi connectivity index (χ2v) is 8.31. The third-order valence-corrected chi connectivity index (χ3v) is 6.18. The molecule has 2 heterocycles. The molecule has 0 N–H and O–H groups in total. The van der Waals surface area contributed by atoms with Crippen molar-refractivity contribution in [3.63, 3.8) is 0 Å². The van der Waals surface area contributed by atoms with Gasteiger partial charge in [0.25, 0.3) is 0 Å². The van der Waals surface area contributed by atoms with Crippen molar-refractivity contribution in [1.29, 1.82) is 0 Å². The predicted molar refractivity (Wildman–Crippen MR) is 85.3 cm³/mol. The molecule has 1 aromatic heterocycles. The van der Waals surface area contributed by atoms with Crippen LogP contribution in [0.25, 0.3) is 0 Å². The molecule has 1 unspecified atom stereocenters. The number of hydrogen-bond donors (Lipinski definition) is 0. The Morgan fingerprint density at radius 3 is 2.64 bits per heavy atom. The molecular weight excluding hydrogens is 352 g/mol. The van der Waals surface area contributed by atoms with Gasteiger partial charge in [-0.3, -0.25) is 0 Å². The second-order valence-electron chi connectivity index (χ2n) is 6.45. The van der Waals surface area contributed by atoms with Crippen molar-refractivity contribution in [1.82, 2.24) is 14.4 Å². The van der Waals surface area contributed by atoms with Gasteiger partial charge in [-0.25, -0.2) is 17.2 Å². The van der Waals surface area contributed by atoms with Gasteiger partial charge in [0.15, 0.2) is 5.82 Å². The number of halogens is 2. The summed E-state index contributed by atoms with van der Waals surface area (Å²) in [5, 5.41) is 3.87. The molecular formula is C16H19F2N3O3S. The highest BCUT2D eigenvalue weighted by Crippen LogP contribution is 2.36. The molecule has 0 aliphatic carbocycles. The van der Waals surface area contributed by atoms with Crippen molar-refractivity contribution in [2.24, 2.45) is 0 Å². The molecule has 6 nitrogen and oxygen atoms in total. The lowest BCUT2D eigenvalue weighted by Gasteiger charge is -2.22. The van der Waals surface area contributed by atoms with Gasteiger partial charge >= 0.3 is 0 Å². The number of sulfonamides is 1. The Bertz CT molecular complexity index is 896. The maximum atomic E-state index is 14.2. The van der Waals surface area contributed by atoms with E-state index in [-0.39, 0.29) is 23.9 Å². The van der Waals surface area contributed by atoms with Gasteiger partial charge in [-0.15, -0.1) is 0 Å². The average molecular weight is 371 g/mol. The Hall–Kier alpha value is -1.87. The van der Waals surface area contributed by atoms with Gasteiger partial charge < -0.3 is 4.52 Å². The van der Waals surface area contributed by atoms with E-state index in [0.717, 1.165) is 16.4 Å². The lowest BCUT2D eigenvalue weighted by Crippen LogP contribution is -2.32. The number of rotatable bonds is 4. The van der Waals surface area contributed by atoms with Crippen LogP contribution in [-0.4, -0.2) is 29.4 Å². The van der Waals surface area contributed by atoms with Gasteiger partial charge in [-0.05, 0) is 37.5 Å². The van der Waals surface area contributed by atoms with Crippen LogP contribution in [0, 0.1) is 18.6 Å². The molecule has 25 heavy (non-hydrogen) atoms. The first-order chi connectivity index (χ1) is 11.7. The molecule has 9 heteroatoms. The van der Waals surface area contributed by atoms with E-state index in [9.17, 15) is 17.2 Å². The fraction of sp³-hybridized carbons (Fsp3) is 0.500. The molecule has 0 radical (unpaired) electrons. The maximum Gasteiger partial charge on any atom is 0.246 e. The highest BCUT2D eigenvalue weighted by molar-refractivity contribution is 7.89. The van der Waals surface area contributed by atoms with Crippen LogP contribution in [0.3, 0.4) is 0 Å². The van der Waals surface area contributed by atoms with Crippen molar-refractivity contribution in [2.45, 2.75) is 50.5 Å². The summed E-state index contributed by atoms with van der Waals surface area (Å²) in [6.45, 7) is 5.32. The maximum absolute atomic E-state index is 14.2. The van der Waals surface area contributed by atoms with Crippen LogP contribution in [0.2, 0.25) is 0 Å². The Morgan fingerprint density at radius 2 is 2.00 bits per heavy atom. The number of benzene rings is 1. The summed E-state index contributed by atoms with van der Waals surface area (Å²) < 4.78 is 60.0. The van der Waals surface area contributed by atoms with Gasteiger partial charge in [-0.2, -0.15) is 9.29 Å². The van der Waals surface area contributed by atoms with Gasteiger partial charge in [0.05, 0.1) is 6.04 Å². The van der Waals surface area contributed by atoms with Crippen LogP contribution in [0.15, 0.2) is 21.6 Å². The van der Waals surface area contributed by atoms with E-state index < -0.39 is 32.6 Å². The van der Waals surface area contributed by atoms with Crippen molar-refractivity contribution in [3.8, 4) is 0 Å². The summed E-state index contributed by atoms with van der Waals surface area (Å²) in [5.74, 6) is -1.07. The number of nitrogens with zero attached hydrogens (tertiary/aromatic N) is 3. The molecule has 1 aromatic carbocycles. The quantitative estimate of drug-likeness (QED) is 0.824. The van der Waals surface area contributed by atoms with Gasteiger partial charge in [0.2, 0.25) is 15.9 Å². The number of aromatic nitrogens is 2.